The van der Waals surface area contributed by atoms with Crippen LogP contribution in [-0.2, 0) is 17.8 Å². The molecule has 0 unspecified atom stereocenters. The molecule has 0 aliphatic carbocycles. The average molecular weight is 483 g/mol. The van der Waals surface area contributed by atoms with Gasteiger partial charge in [-0.15, -0.1) is 0 Å². The highest BCUT2D eigenvalue weighted by Crippen LogP contribution is 2.23. The minimum atomic E-state index is -0.0218. The number of aromatic nitrogens is 2. The minimum absolute atomic E-state index is 0.0218. The van der Waals surface area contributed by atoms with Crippen LogP contribution in [0.5, 0.6) is 5.75 Å². The number of rotatable bonds is 9. The van der Waals surface area contributed by atoms with Crippen molar-refractivity contribution >= 4 is 11.6 Å². The molecule has 0 radical (unpaired) electrons. The molecule has 1 amide bonds. The maximum Gasteiger partial charge on any atom is 0.241 e. The van der Waals surface area contributed by atoms with Gasteiger partial charge in [-0.25, -0.2) is 0 Å². The summed E-state index contributed by atoms with van der Waals surface area (Å²) in [6, 6.07) is 27.7. The first-order chi connectivity index (χ1) is 17.7. The lowest BCUT2D eigenvalue weighted by molar-refractivity contribution is -0.121. The van der Waals surface area contributed by atoms with E-state index in [1.165, 1.54) is 5.56 Å². The smallest absolute Gasteiger partial charge is 0.241 e. The number of carbonyl (C=O) groups is 1. The van der Waals surface area contributed by atoms with E-state index in [1.54, 1.807) is 0 Å². The number of nitrogens with zero attached hydrogens (tertiary/aromatic N) is 3. The predicted octanol–water partition coefficient (Wildman–Crippen LogP) is 5.21. The zero-order chi connectivity index (χ0) is 24.6. The molecular weight excluding hydrogens is 452 g/mol. The average Bonchev–Trinajstić information content (AvgIpc) is 3.39. The van der Waals surface area contributed by atoms with Gasteiger partial charge in [0.1, 0.15) is 5.75 Å². The van der Waals surface area contributed by atoms with Crippen LogP contribution in [0.1, 0.15) is 24.3 Å². The Kier molecular flexibility index (Phi) is 7.68. The number of likely N-dealkylation sites (tertiary alicyclic amines) is 1. The van der Waals surface area contributed by atoms with Crippen LogP contribution in [0.2, 0.25) is 0 Å². The normalized spacial score (nSPS) is 14.4. The molecule has 0 spiro atoms. The van der Waals surface area contributed by atoms with Gasteiger partial charge in [-0.1, -0.05) is 71.9 Å². The van der Waals surface area contributed by atoms with E-state index in [-0.39, 0.29) is 11.8 Å². The van der Waals surface area contributed by atoms with Gasteiger partial charge in [0, 0.05) is 29.7 Å². The fourth-order valence-electron chi connectivity index (χ4n) is 4.41. The minimum Gasteiger partial charge on any atom is -0.493 e. The highest BCUT2D eigenvalue weighted by molar-refractivity contribution is 5.92. The van der Waals surface area contributed by atoms with E-state index in [2.05, 4.69) is 32.5 Å². The lowest BCUT2D eigenvalue weighted by Gasteiger charge is -2.30. The molecule has 5 rings (SSSR count). The van der Waals surface area contributed by atoms with Gasteiger partial charge in [-0.2, -0.15) is 4.98 Å². The summed E-state index contributed by atoms with van der Waals surface area (Å²) in [6.07, 6.45) is 2.42. The second kappa shape index (κ2) is 11.6. The van der Waals surface area contributed by atoms with E-state index in [4.69, 9.17) is 9.26 Å². The standard InChI is InChI=1S/C29H30N4O3/c34-29(30-25-12-7-13-26(20-25)35-19-16-22-8-3-1-4-9-22)24-14-17-33(18-15-24)21-27-31-28(32-36-27)23-10-5-2-6-11-23/h1-13,20,24H,14-19,21H2,(H,30,34). The van der Waals surface area contributed by atoms with Crippen molar-refractivity contribution in [1.29, 1.82) is 0 Å². The third kappa shape index (κ3) is 6.37. The number of hydrogen-bond donors (Lipinski definition) is 1. The Balaban J connectivity index is 1.07. The van der Waals surface area contributed by atoms with Gasteiger partial charge >= 0.3 is 0 Å². The van der Waals surface area contributed by atoms with Crippen LogP contribution in [0.15, 0.2) is 89.5 Å². The lowest BCUT2D eigenvalue weighted by atomic mass is 9.96. The Hall–Kier alpha value is -3.97. The Morgan fingerprint density at radius 3 is 2.50 bits per heavy atom. The van der Waals surface area contributed by atoms with Crippen molar-refractivity contribution in [2.45, 2.75) is 25.8 Å². The van der Waals surface area contributed by atoms with Crippen molar-refractivity contribution in [3.8, 4) is 17.1 Å². The molecule has 2 heterocycles. The van der Waals surface area contributed by atoms with Gasteiger partial charge in [0.05, 0.1) is 13.2 Å². The molecule has 1 aliphatic rings. The van der Waals surface area contributed by atoms with Crippen molar-refractivity contribution in [2.75, 3.05) is 25.0 Å². The first kappa shape index (κ1) is 23.8. The van der Waals surface area contributed by atoms with Gasteiger partial charge in [0.15, 0.2) is 0 Å². The molecule has 1 aliphatic heterocycles. The Labute approximate surface area is 211 Å². The quantitative estimate of drug-likeness (QED) is 0.353. The number of piperidine rings is 1. The van der Waals surface area contributed by atoms with Gasteiger partial charge in [0.25, 0.3) is 0 Å². The number of anilines is 1. The molecule has 1 aromatic heterocycles. The van der Waals surface area contributed by atoms with Crippen molar-refractivity contribution in [1.82, 2.24) is 15.0 Å². The zero-order valence-electron chi connectivity index (χ0n) is 20.2. The Morgan fingerprint density at radius 1 is 0.972 bits per heavy atom. The molecule has 0 saturated carbocycles. The summed E-state index contributed by atoms with van der Waals surface area (Å²) in [5.41, 5.74) is 2.94. The van der Waals surface area contributed by atoms with Crippen LogP contribution < -0.4 is 10.1 Å². The first-order valence-corrected chi connectivity index (χ1v) is 12.4. The van der Waals surface area contributed by atoms with Crippen LogP contribution in [0, 0.1) is 5.92 Å². The summed E-state index contributed by atoms with van der Waals surface area (Å²) in [5.74, 6) is 1.99. The van der Waals surface area contributed by atoms with Crippen LogP contribution in [0.4, 0.5) is 5.69 Å². The molecule has 0 atom stereocenters. The van der Waals surface area contributed by atoms with E-state index in [9.17, 15) is 4.79 Å². The lowest BCUT2D eigenvalue weighted by Crippen LogP contribution is -2.37. The molecule has 1 N–H and O–H groups in total. The molecular formula is C29H30N4O3. The van der Waals surface area contributed by atoms with Crippen molar-refractivity contribution in [2.24, 2.45) is 5.92 Å². The molecule has 184 valence electrons. The number of nitrogens with one attached hydrogen (secondary N) is 1. The van der Waals surface area contributed by atoms with E-state index in [1.807, 2.05) is 72.8 Å². The van der Waals surface area contributed by atoms with Crippen LogP contribution in [0.25, 0.3) is 11.4 Å². The summed E-state index contributed by atoms with van der Waals surface area (Å²) < 4.78 is 11.3. The van der Waals surface area contributed by atoms with Gasteiger partial charge < -0.3 is 14.6 Å². The van der Waals surface area contributed by atoms with E-state index in [0.717, 1.165) is 49.4 Å². The van der Waals surface area contributed by atoms with Crippen molar-refractivity contribution in [3.63, 3.8) is 0 Å². The predicted molar refractivity (Wildman–Crippen MR) is 138 cm³/mol. The topological polar surface area (TPSA) is 80.5 Å². The monoisotopic (exact) mass is 482 g/mol. The van der Waals surface area contributed by atoms with E-state index < -0.39 is 0 Å². The first-order valence-electron chi connectivity index (χ1n) is 12.4. The van der Waals surface area contributed by atoms with E-state index in [0.29, 0.717) is 24.9 Å². The van der Waals surface area contributed by atoms with Crippen LogP contribution in [-0.4, -0.2) is 40.6 Å². The molecule has 7 heteroatoms. The number of amides is 1. The summed E-state index contributed by atoms with van der Waals surface area (Å²) in [5, 5.41) is 7.16. The zero-order valence-corrected chi connectivity index (χ0v) is 20.2. The Morgan fingerprint density at radius 2 is 1.72 bits per heavy atom. The molecule has 0 bridgehead atoms. The molecule has 36 heavy (non-hydrogen) atoms. The van der Waals surface area contributed by atoms with Crippen molar-refractivity contribution in [3.05, 3.63) is 96.4 Å². The maximum atomic E-state index is 12.9. The maximum absolute atomic E-state index is 12.9. The third-order valence-corrected chi connectivity index (χ3v) is 6.42. The summed E-state index contributed by atoms with van der Waals surface area (Å²) in [7, 11) is 0. The molecule has 1 saturated heterocycles. The summed E-state index contributed by atoms with van der Waals surface area (Å²) in [4.78, 5) is 19.7. The molecule has 3 aromatic carbocycles. The second-order valence-electron chi connectivity index (χ2n) is 9.03. The van der Waals surface area contributed by atoms with Crippen LogP contribution >= 0.6 is 0 Å². The number of benzene rings is 3. The second-order valence-corrected chi connectivity index (χ2v) is 9.03. The Bertz CT molecular complexity index is 1250. The molecule has 7 nitrogen and oxygen atoms in total. The highest BCUT2D eigenvalue weighted by atomic mass is 16.5. The summed E-state index contributed by atoms with van der Waals surface area (Å²) in [6.45, 7) is 2.80. The number of hydrogen-bond acceptors (Lipinski definition) is 6. The fraction of sp³-hybridized carbons (Fsp3) is 0.276. The number of carbonyl (C=O) groups excluding carboxylic acids is 1. The van der Waals surface area contributed by atoms with Crippen LogP contribution in [0.3, 0.4) is 0 Å². The SMILES string of the molecule is O=C(Nc1cccc(OCCc2ccccc2)c1)C1CCN(Cc2nc(-c3ccccc3)no2)CC1. The van der Waals surface area contributed by atoms with Crippen molar-refractivity contribution < 1.29 is 14.1 Å². The molecule has 4 aromatic rings. The van der Waals surface area contributed by atoms with Gasteiger partial charge in [-0.3, -0.25) is 9.69 Å². The van der Waals surface area contributed by atoms with Gasteiger partial charge in [0.2, 0.25) is 17.6 Å². The van der Waals surface area contributed by atoms with E-state index >= 15 is 0 Å². The fourth-order valence-corrected chi connectivity index (χ4v) is 4.41. The third-order valence-electron chi connectivity index (χ3n) is 6.42. The molecule has 1 fully saturated rings. The largest absolute Gasteiger partial charge is 0.493 e. The summed E-state index contributed by atoms with van der Waals surface area (Å²) >= 11 is 0. The number of ether oxygens (including phenoxy) is 1. The highest BCUT2D eigenvalue weighted by Gasteiger charge is 2.26. The van der Waals surface area contributed by atoms with Gasteiger partial charge in [-0.05, 0) is 43.6 Å².